The van der Waals surface area contributed by atoms with Crippen molar-refractivity contribution in [2.24, 2.45) is 29.6 Å². The van der Waals surface area contributed by atoms with Crippen LogP contribution in [-0.4, -0.2) is 28.7 Å². The lowest BCUT2D eigenvalue weighted by Gasteiger charge is -2.33. The Bertz CT molecular complexity index is 849. The van der Waals surface area contributed by atoms with Gasteiger partial charge in [-0.3, -0.25) is 19.3 Å². The van der Waals surface area contributed by atoms with Crippen molar-refractivity contribution in [3.63, 3.8) is 0 Å². The van der Waals surface area contributed by atoms with Crippen molar-refractivity contribution in [1.82, 2.24) is 4.90 Å². The Balaban J connectivity index is 1.20. The molecule has 1 saturated heterocycles. The second-order valence-corrected chi connectivity index (χ2v) is 9.80. The van der Waals surface area contributed by atoms with Crippen LogP contribution in [0.2, 0.25) is 5.02 Å². The van der Waals surface area contributed by atoms with Gasteiger partial charge in [0.25, 0.3) is 0 Å². The van der Waals surface area contributed by atoms with E-state index in [2.05, 4.69) is 5.32 Å². The highest BCUT2D eigenvalue weighted by atomic mass is 35.5. The van der Waals surface area contributed by atoms with Gasteiger partial charge in [-0.2, -0.15) is 0 Å². The number of aryl methyl sites for hydroxylation is 1. The topological polar surface area (TPSA) is 66.5 Å². The molecule has 6 heteroatoms. The van der Waals surface area contributed by atoms with Crippen molar-refractivity contribution < 1.29 is 14.4 Å². The summed E-state index contributed by atoms with van der Waals surface area (Å²) in [7, 11) is 0. The number of hydrogen-bond donors (Lipinski definition) is 1. The summed E-state index contributed by atoms with van der Waals surface area (Å²) in [5.74, 6) is 0.822. The Hall–Kier alpha value is -1.88. The van der Waals surface area contributed by atoms with Crippen molar-refractivity contribution in [3.05, 3.63) is 28.8 Å². The molecule has 5 nitrogen and oxygen atoms in total. The van der Waals surface area contributed by atoms with E-state index in [9.17, 15) is 14.4 Å². The largest absolute Gasteiger partial charge is 0.326 e. The molecule has 0 radical (unpaired) electrons. The van der Waals surface area contributed by atoms with Crippen molar-refractivity contribution >= 4 is 35.0 Å². The molecule has 4 aliphatic rings. The molecule has 4 fully saturated rings. The number of rotatable bonds is 3. The molecule has 1 heterocycles. The standard InChI is InChI=1S/C23H27ClN2O3/c1-12-2-7-16(11-18(12)24)25-21(27)13-5-8-17(9-6-13)26-22(28)19-14-3-4-15(10-14)20(19)23(26)29/h2,7,11,13-15,17,19-20H,3-6,8-10H2,1H3,(H,25,27)/t13?,14-,15-,17?,19-,20+/m1/s1. The van der Waals surface area contributed by atoms with Crippen molar-refractivity contribution in [2.75, 3.05) is 5.32 Å². The lowest BCUT2D eigenvalue weighted by Crippen LogP contribution is -2.44. The number of nitrogens with one attached hydrogen (secondary N) is 1. The third kappa shape index (κ3) is 3.09. The van der Waals surface area contributed by atoms with E-state index in [1.807, 2.05) is 19.1 Å². The molecule has 1 aliphatic heterocycles. The Morgan fingerprint density at radius 1 is 1.00 bits per heavy atom. The maximum atomic E-state index is 13.0. The van der Waals surface area contributed by atoms with E-state index in [0.717, 1.165) is 37.7 Å². The van der Waals surface area contributed by atoms with Gasteiger partial charge in [-0.25, -0.2) is 0 Å². The van der Waals surface area contributed by atoms with Crippen molar-refractivity contribution in [3.8, 4) is 0 Å². The molecule has 2 bridgehead atoms. The Morgan fingerprint density at radius 2 is 1.62 bits per heavy atom. The molecule has 0 aromatic heterocycles. The molecule has 4 atom stereocenters. The number of nitrogens with zero attached hydrogens (tertiary/aromatic N) is 1. The van der Waals surface area contributed by atoms with E-state index >= 15 is 0 Å². The lowest BCUT2D eigenvalue weighted by molar-refractivity contribution is -0.144. The molecule has 1 aromatic carbocycles. The predicted octanol–water partition coefficient (Wildman–Crippen LogP) is 4.18. The first-order valence-electron chi connectivity index (χ1n) is 10.9. The van der Waals surface area contributed by atoms with Crippen LogP contribution in [0.4, 0.5) is 5.69 Å². The number of halogens is 1. The minimum absolute atomic E-state index is 0.00245. The fourth-order valence-corrected chi connectivity index (χ4v) is 6.48. The summed E-state index contributed by atoms with van der Waals surface area (Å²) in [6, 6.07) is 5.50. The zero-order valence-electron chi connectivity index (χ0n) is 16.7. The summed E-state index contributed by atoms with van der Waals surface area (Å²) in [5, 5.41) is 3.60. The Labute approximate surface area is 176 Å². The maximum absolute atomic E-state index is 13.0. The number of carbonyl (C=O) groups excluding carboxylic acids is 3. The first kappa shape index (κ1) is 19.1. The van der Waals surface area contributed by atoms with Crippen LogP contribution in [0.1, 0.15) is 50.5 Å². The predicted molar refractivity (Wildman–Crippen MR) is 110 cm³/mol. The van der Waals surface area contributed by atoms with Crippen molar-refractivity contribution in [2.45, 2.75) is 57.9 Å². The quantitative estimate of drug-likeness (QED) is 0.754. The van der Waals surface area contributed by atoms with E-state index in [1.165, 1.54) is 0 Å². The highest BCUT2D eigenvalue weighted by Gasteiger charge is 2.61. The average molecular weight is 415 g/mol. The zero-order chi connectivity index (χ0) is 20.3. The SMILES string of the molecule is Cc1ccc(NC(=O)C2CCC(N3C(=O)[C@@H]4[C@@H]5CC[C@H](C5)[C@@H]4C3=O)CC2)cc1Cl. The fourth-order valence-electron chi connectivity index (χ4n) is 6.30. The summed E-state index contributed by atoms with van der Waals surface area (Å²) < 4.78 is 0. The van der Waals surface area contributed by atoms with Gasteiger partial charge in [0, 0.05) is 22.7 Å². The van der Waals surface area contributed by atoms with E-state index in [0.29, 0.717) is 35.4 Å². The van der Waals surface area contributed by atoms with Gasteiger partial charge in [0.1, 0.15) is 0 Å². The van der Waals surface area contributed by atoms with Crippen LogP contribution in [0.3, 0.4) is 0 Å². The second-order valence-electron chi connectivity index (χ2n) is 9.39. The first-order valence-corrected chi connectivity index (χ1v) is 11.3. The highest BCUT2D eigenvalue weighted by Crippen LogP contribution is 2.56. The van der Waals surface area contributed by atoms with E-state index in [4.69, 9.17) is 11.6 Å². The summed E-state index contributed by atoms with van der Waals surface area (Å²) in [5.41, 5.74) is 1.68. The number of carbonyl (C=O) groups is 3. The molecule has 0 unspecified atom stereocenters. The number of anilines is 1. The molecule has 1 N–H and O–H groups in total. The summed E-state index contributed by atoms with van der Waals surface area (Å²) in [4.78, 5) is 40.3. The molecule has 1 aromatic rings. The van der Waals surface area contributed by atoms with Gasteiger partial charge in [0.15, 0.2) is 0 Å². The lowest BCUT2D eigenvalue weighted by atomic mass is 9.81. The number of fused-ring (bicyclic) bond motifs is 5. The van der Waals surface area contributed by atoms with Crippen LogP contribution >= 0.6 is 11.6 Å². The molecule has 3 saturated carbocycles. The normalized spacial score (nSPS) is 35.9. The van der Waals surface area contributed by atoms with Gasteiger partial charge in [0.05, 0.1) is 11.8 Å². The molecule has 3 amide bonds. The molecule has 0 spiro atoms. The van der Waals surface area contributed by atoms with Gasteiger partial charge >= 0.3 is 0 Å². The average Bonchev–Trinajstić information content (AvgIpc) is 3.39. The minimum Gasteiger partial charge on any atom is -0.326 e. The summed E-state index contributed by atoms with van der Waals surface area (Å²) in [6.07, 6.45) is 6.13. The molecule has 3 aliphatic carbocycles. The summed E-state index contributed by atoms with van der Waals surface area (Å²) in [6.45, 7) is 1.93. The van der Waals surface area contributed by atoms with Crippen LogP contribution in [0, 0.1) is 36.5 Å². The number of amides is 3. The maximum Gasteiger partial charge on any atom is 0.233 e. The van der Waals surface area contributed by atoms with Gasteiger partial charge in [0.2, 0.25) is 17.7 Å². The Morgan fingerprint density at radius 3 is 2.21 bits per heavy atom. The van der Waals surface area contributed by atoms with Gasteiger partial charge in [-0.05, 0) is 81.4 Å². The van der Waals surface area contributed by atoms with Crippen LogP contribution in [0.25, 0.3) is 0 Å². The van der Waals surface area contributed by atoms with Crippen LogP contribution < -0.4 is 5.32 Å². The van der Waals surface area contributed by atoms with Gasteiger partial charge < -0.3 is 5.32 Å². The number of likely N-dealkylation sites (tertiary alicyclic amines) is 1. The van der Waals surface area contributed by atoms with E-state index in [-0.39, 0.29) is 41.5 Å². The molecule has 5 rings (SSSR count). The minimum atomic E-state index is -0.0881. The van der Waals surface area contributed by atoms with E-state index in [1.54, 1.807) is 11.0 Å². The monoisotopic (exact) mass is 414 g/mol. The fraction of sp³-hybridized carbons (Fsp3) is 0.609. The molecule has 29 heavy (non-hydrogen) atoms. The molecular formula is C23H27ClN2O3. The first-order chi connectivity index (χ1) is 13.9. The number of hydrogen-bond acceptors (Lipinski definition) is 3. The number of imide groups is 1. The molecular weight excluding hydrogens is 388 g/mol. The highest BCUT2D eigenvalue weighted by molar-refractivity contribution is 6.31. The Kier molecular flexibility index (Phi) is 4.69. The zero-order valence-corrected chi connectivity index (χ0v) is 17.5. The van der Waals surface area contributed by atoms with Gasteiger partial charge in [-0.15, -0.1) is 0 Å². The third-order valence-electron chi connectivity index (χ3n) is 7.83. The smallest absolute Gasteiger partial charge is 0.233 e. The van der Waals surface area contributed by atoms with Gasteiger partial charge in [-0.1, -0.05) is 17.7 Å². The summed E-state index contributed by atoms with van der Waals surface area (Å²) >= 11 is 6.15. The van der Waals surface area contributed by atoms with Crippen LogP contribution in [0.15, 0.2) is 18.2 Å². The van der Waals surface area contributed by atoms with Crippen molar-refractivity contribution in [1.29, 1.82) is 0 Å². The number of benzene rings is 1. The molecule has 154 valence electrons. The van der Waals surface area contributed by atoms with Crippen LogP contribution in [-0.2, 0) is 14.4 Å². The second kappa shape index (κ2) is 7.12. The van der Waals surface area contributed by atoms with E-state index < -0.39 is 0 Å². The third-order valence-corrected chi connectivity index (χ3v) is 8.24. The van der Waals surface area contributed by atoms with Crippen LogP contribution in [0.5, 0.6) is 0 Å².